The molecule has 4 rings (SSSR count). The molecule has 0 unspecified atom stereocenters. The number of nitrogens with zero attached hydrogens (tertiary/aromatic N) is 3. The van der Waals surface area contributed by atoms with Crippen molar-refractivity contribution in [2.24, 2.45) is 0 Å². The van der Waals surface area contributed by atoms with E-state index in [0.717, 1.165) is 11.1 Å². The average Bonchev–Trinajstić information content (AvgIpc) is 3.40. The second-order valence-electron chi connectivity index (χ2n) is 6.02. The Morgan fingerprint density at radius 3 is 2.80 bits per heavy atom. The zero-order valence-corrected chi connectivity index (χ0v) is 16.9. The quantitative estimate of drug-likeness (QED) is 0.191. The summed E-state index contributed by atoms with van der Waals surface area (Å²) in [4.78, 5) is 22.4. The lowest BCUT2D eigenvalue weighted by molar-refractivity contribution is -0.384. The molecule has 0 saturated heterocycles. The fourth-order valence-electron chi connectivity index (χ4n) is 2.51. The molecule has 0 aliphatic carbocycles. The first kappa shape index (κ1) is 19.9. The van der Waals surface area contributed by atoms with E-state index in [1.165, 1.54) is 41.3 Å². The first-order valence-electron chi connectivity index (χ1n) is 8.65. The predicted octanol–water partition coefficient (Wildman–Crippen LogP) is 4.12. The number of nitro groups is 1. The van der Waals surface area contributed by atoms with Gasteiger partial charge in [0.05, 0.1) is 4.92 Å². The number of carbonyl (C=O) groups is 1. The maximum atomic E-state index is 12.1. The molecule has 0 bridgehead atoms. The monoisotopic (exact) mass is 442 g/mol. The molecule has 30 heavy (non-hydrogen) atoms. The third-order valence-electron chi connectivity index (χ3n) is 3.97. The molecule has 9 nitrogen and oxygen atoms in total. The Labute approximate surface area is 178 Å². The fraction of sp³-hybridized carbons (Fsp3) is 0.105. The van der Waals surface area contributed by atoms with Gasteiger partial charge in [-0.1, -0.05) is 41.3 Å². The van der Waals surface area contributed by atoms with Gasteiger partial charge in [0.2, 0.25) is 17.8 Å². The molecule has 0 radical (unpaired) electrons. The van der Waals surface area contributed by atoms with E-state index in [0.29, 0.717) is 26.7 Å². The lowest BCUT2D eigenvalue weighted by Crippen LogP contribution is -2.07. The Morgan fingerprint density at radius 2 is 2.00 bits per heavy atom. The molecule has 1 aliphatic heterocycles. The van der Waals surface area contributed by atoms with Crippen molar-refractivity contribution in [1.82, 2.24) is 10.2 Å². The Kier molecular flexibility index (Phi) is 5.91. The fourth-order valence-corrected chi connectivity index (χ4v) is 4.22. The molecule has 0 saturated carbocycles. The Hall–Kier alpha value is -3.44. The summed E-state index contributed by atoms with van der Waals surface area (Å²) in [5, 5.41) is 21.8. The van der Waals surface area contributed by atoms with E-state index in [1.54, 1.807) is 30.3 Å². The summed E-state index contributed by atoms with van der Waals surface area (Å²) >= 11 is 2.69. The van der Waals surface area contributed by atoms with Gasteiger partial charge in [0, 0.05) is 24.0 Å². The normalized spacial score (nSPS) is 12.3. The van der Waals surface area contributed by atoms with Crippen molar-refractivity contribution in [1.29, 1.82) is 0 Å². The summed E-state index contributed by atoms with van der Waals surface area (Å²) in [6, 6.07) is 11.8. The number of nitrogens with one attached hydrogen (secondary N) is 1. The van der Waals surface area contributed by atoms with Gasteiger partial charge in [-0.25, -0.2) is 0 Å². The number of rotatable bonds is 7. The number of nitro benzene ring substituents is 1. The average molecular weight is 442 g/mol. The van der Waals surface area contributed by atoms with E-state index in [4.69, 9.17) is 9.47 Å². The third-order valence-corrected chi connectivity index (χ3v) is 6.01. The van der Waals surface area contributed by atoms with Gasteiger partial charge in [0.25, 0.3) is 5.69 Å². The van der Waals surface area contributed by atoms with Crippen LogP contribution in [0.15, 0.2) is 52.9 Å². The molecule has 0 fully saturated rings. The molecular formula is C19H14N4O5S2. The third kappa shape index (κ3) is 4.93. The summed E-state index contributed by atoms with van der Waals surface area (Å²) in [5.74, 6) is 1.60. The van der Waals surface area contributed by atoms with Crippen molar-refractivity contribution in [3.05, 3.63) is 69.8 Å². The van der Waals surface area contributed by atoms with Crippen molar-refractivity contribution in [2.45, 2.75) is 10.1 Å². The van der Waals surface area contributed by atoms with E-state index in [-0.39, 0.29) is 18.4 Å². The minimum absolute atomic E-state index is 0.0541. The van der Waals surface area contributed by atoms with Gasteiger partial charge in [-0.3, -0.25) is 20.2 Å². The number of thioether (sulfide) groups is 1. The number of anilines is 1. The maximum Gasteiger partial charge on any atom is 0.269 e. The number of amides is 1. The molecular weight excluding hydrogens is 428 g/mol. The van der Waals surface area contributed by atoms with Gasteiger partial charge in [-0.2, -0.15) is 0 Å². The summed E-state index contributed by atoms with van der Waals surface area (Å²) in [6.07, 6.45) is 3.07. The van der Waals surface area contributed by atoms with Gasteiger partial charge in [0.1, 0.15) is 0 Å². The van der Waals surface area contributed by atoms with Crippen molar-refractivity contribution in [3.8, 4) is 11.5 Å². The van der Waals surface area contributed by atoms with Crippen LogP contribution in [-0.4, -0.2) is 27.8 Å². The summed E-state index contributed by atoms with van der Waals surface area (Å²) < 4.78 is 11.2. The van der Waals surface area contributed by atoms with E-state index >= 15 is 0 Å². The molecule has 1 aromatic heterocycles. The Balaban J connectivity index is 1.29. The lowest BCUT2D eigenvalue weighted by Gasteiger charge is -1.98. The number of aromatic nitrogens is 2. The summed E-state index contributed by atoms with van der Waals surface area (Å²) in [7, 11) is 0. The van der Waals surface area contributed by atoms with Gasteiger partial charge < -0.3 is 9.47 Å². The smallest absolute Gasteiger partial charge is 0.269 e. The molecule has 0 spiro atoms. The highest BCUT2D eigenvalue weighted by Crippen LogP contribution is 2.33. The molecule has 0 atom stereocenters. The maximum absolute atomic E-state index is 12.1. The van der Waals surface area contributed by atoms with Crippen molar-refractivity contribution in [3.63, 3.8) is 0 Å². The first-order chi connectivity index (χ1) is 14.6. The van der Waals surface area contributed by atoms with Crippen LogP contribution in [0, 0.1) is 10.1 Å². The van der Waals surface area contributed by atoms with Gasteiger partial charge >= 0.3 is 0 Å². The zero-order chi connectivity index (χ0) is 20.9. The lowest BCUT2D eigenvalue weighted by atomic mass is 10.2. The molecule has 1 amide bonds. The highest BCUT2D eigenvalue weighted by molar-refractivity contribution is 8.00. The number of hydrogen-bond donors (Lipinski definition) is 1. The van der Waals surface area contributed by atoms with Crippen LogP contribution < -0.4 is 14.8 Å². The Morgan fingerprint density at radius 1 is 1.20 bits per heavy atom. The molecule has 11 heteroatoms. The van der Waals surface area contributed by atoms with E-state index in [1.807, 2.05) is 6.07 Å². The SMILES string of the molecule is O=C(/C=C\c1ccc2c(c1)OCO2)Nc1nnc(SCc2ccc([N+](=O)[O-])cc2)s1. The highest BCUT2D eigenvalue weighted by atomic mass is 32.2. The molecule has 1 aliphatic rings. The van der Waals surface area contributed by atoms with Crippen LogP contribution in [0.5, 0.6) is 11.5 Å². The number of carbonyl (C=O) groups excluding carboxylic acids is 1. The Bertz CT molecular complexity index is 1110. The molecule has 2 heterocycles. The van der Waals surface area contributed by atoms with Crippen LogP contribution in [0.1, 0.15) is 11.1 Å². The largest absolute Gasteiger partial charge is 0.454 e. The highest BCUT2D eigenvalue weighted by Gasteiger charge is 2.13. The minimum atomic E-state index is -0.433. The number of benzene rings is 2. The van der Waals surface area contributed by atoms with Crippen molar-refractivity contribution < 1.29 is 19.2 Å². The predicted molar refractivity (Wildman–Crippen MR) is 113 cm³/mol. The molecule has 3 aromatic rings. The van der Waals surface area contributed by atoms with Crippen LogP contribution in [-0.2, 0) is 10.5 Å². The summed E-state index contributed by atoms with van der Waals surface area (Å²) in [5.41, 5.74) is 1.79. The van der Waals surface area contributed by atoms with E-state index in [9.17, 15) is 14.9 Å². The molecule has 152 valence electrons. The zero-order valence-electron chi connectivity index (χ0n) is 15.3. The molecule has 2 aromatic carbocycles. The topological polar surface area (TPSA) is 116 Å². The van der Waals surface area contributed by atoms with Crippen molar-refractivity contribution in [2.75, 3.05) is 12.1 Å². The number of fused-ring (bicyclic) bond motifs is 1. The summed E-state index contributed by atoms with van der Waals surface area (Å²) in [6.45, 7) is 0.199. The van der Waals surface area contributed by atoms with Gasteiger partial charge in [0.15, 0.2) is 15.8 Å². The minimum Gasteiger partial charge on any atom is -0.454 e. The standard InChI is InChI=1S/C19H14N4O5S2/c24-17(8-4-12-3-7-15-16(9-12)28-11-27-15)20-18-21-22-19(30-18)29-10-13-1-5-14(6-2-13)23(25)26/h1-9H,10-11H2,(H,20,21,24)/b8-4-. The van der Waals surface area contributed by atoms with Crippen LogP contribution >= 0.6 is 23.1 Å². The van der Waals surface area contributed by atoms with Crippen molar-refractivity contribution >= 4 is 45.9 Å². The number of ether oxygens (including phenoxy) is 2. The second kappa shape index (κ2) is 8.93. The van der Waals surface area contributed by atoms with Gasteiger partial charge in [-0.15, -0.1) is 10.2 Å². The van der Waals surface area contributed by atoms with E-state index in [2.05, 4.69) is 15.5 Å². The number of non-ortho nitro benzene ring substituents is 1. The first-order valence-corrected chi connectivity index (χ1v) is 10.5. The van der Waals surface area contributed by atoms with Crippen LogP contribution in [0.3, 0.4) is 0 Å². The number of hydrogen-bond acceptors (Lipinski definition) is 9. The van der Waals surface area contributed by atoms with Gasteiger partial charge in [-0.05, 0) is 29.3 Å². The van der Waals surface area contributed by atoms with Crippen LogP contribution in [0.2, 0.25) is 0 Å². The molecule has 1 N–H and O–H groups in total. The van der Waals surface area contributed by atoms with Crippen LogP contribution in [0.25, 0.3) is 6.08 Å². The van der Waals surface area contributed by atoms with Crippen LogP contribution in [0.4, 0.5) is 10.8 Å². The van der Waals surface area contributed by atoms with E-state index < -0.39 is 4.92 Å². The second-order valence-corrected chi connectivity index (χ2v) is 8.22.